The van der Waals surface area contributed by atoms with Crippen molar-refractivity contribution in [2.75, 3.05) is 6.61 Å². The first-order valence-corrected chi connectivity index (χ1v) is 7.10. The second kappa shape index (κ2) is 6.27. The summed E-state index contributed by atoms with van der Waals surface area (Å²) < 4.78 is 4.98. The van der Waals surface area contributed by atoms with Crippen LogP contribution < -0.4 is 0 Å². The molecular formula is C15H18ClNO3. The minimum absolute atomic E-state index is 0.153. The van der Waals surface area contributed by atoms with E-state index < -0.39 is 6.09 Å². The highest BCUT2D eigenvalue weighted by molar-refractivity contribution is 6.30. The summed E-state index contributed by atoms with van der Waals surface area (Å²) in [6.07, 6.45) is 0.356. The number of hydrogen-bond acceptors (Lipinski definition) is 3. The van der Waals surface area contributed by atoms with Crippen LogP contribution in [0.5, 0.6) is 0 Å². The molecule has 1 aromatic carbocycles. The van der Waals surface area contributed by atoms with Gasteiger partial charge in [-0.1, -0.05) is 37.6 Å². The lowest BCUT2D eigenvalue weighted by Crippen LogP contribution is -2.41. The van der Waals surface area contributed by atoms with E-state index in [1.807, 2.05) is 26.0 Å². The summed E-state index contributed by atoms with van der Waals surface area (Å²) in [6, 6.07) is 7.21. The Kier molecular flexibility index (Phi) is 4.65. The fourth-order valence-corrected chi connectivity index (χ4v) is 2.36. The maximum absolute atomic E-state index is 12.2. The Balaban J connectivity index is 1.97. The predicted molar refractivity (Wildman–Crippen MR) is 76.6 cm³/mol. The van der Waals surface area contributed by atoms with Crippen molar-refractivity contribution in [2.45, 2.75) is 32.7 Å². The van der Waals surface area contributed by atoms with Crippen molar-refractivity contribution in [1.29, 1.82) is 0 Å². The topological polar surface area (TPSA) is 46.6 Å². The van der Waals surface area contributed by atoms with Gasteiger partial charge in [-0.2, -0.15) is 0 Å². The standard InChI is InChI=1S/C15H18ClNO3/c1-10(2)13-9-20-15(19)17(13)14(18)8-5-11-3-6-12(16)7-4-11/h3-4,6-7,10,13H,5,8-9H2,1-2H3. The number of carbonyl (C=O) groups is 2. The fourth-order valence-electron chi connectivity index (χ4n) is 2.24. The summed E-state index contributed by atoms with van der Waals surface area (Å²) in [5, 5.41) is 0.670. The third-order valence-corrected chi connectivity index (χ3v) is 3.74. The van der Waals surface area contributed by atoms with Gasteiger partial charge in [-0.3, -0.25) is 4.79 Å². The van der Waals surface area contributed by atoms with E-state index in [1.54, 1.807) is 12.1 Å². The Morgan fingerprint density at radius 2 is 2.05 bits per heavy atom. The lowest BCUT2D eigenvalue weighted by atomic mass is 10.0. The van der Waals surface area contributed by atoms with Crippen LogP contribution in [0.3, 0.4) is 0 Å². The predicted octanol–water partition coefficient (Wildman–Crippen LogP) is 3.28. The van der Waals surface area contributed by atoms with Gasteiger partial charge in [0.2, 0.25) is 5.91 Å². The SMILES string of the molecule is CC(C)C1COC(=O)N1C(=O)CCc1ccc(Cl)cc1. The molecule has 1 aliphatic heterocycles. The average molecular weight is 296 g/mol. The van der Waals surface area contributed by atoms with Crippen LogP contribution in [0, 0.1) is 5.92 Å². The van der Waals surface area contributed by atoms with Crippen molar-refractivity contribution in [3.8, 4) is 0 Å². The maximum Gasteiger partial charge on any atom is 0.416 e. The van der Waals surface area contributed by atoms with Gasteiger partial charge < -0.3 is 4.74 Å². The number of nitrogens with zero attached hydrogens (tertiary/aromatic N) is 1. The van der Waals surface area contributed by atoms with Gasteiger partial charge in [-0.15, -0.1) is 0 Å². The fraction of sp³-hybridized carbons (Fsp3) is 0.467. The molecule has 4 nitrogen and oxygen atoms in total. The number of cyclic esters (lactones) is 1. The van der Waals surface area contributed by atoms with Gasteiger partial charge in [0.05, 0.1) is 6.04 Å². The normalized spacial score (nSPS) is 18.5. The highest BCUT2D eigenvalue weighted by atomic mass is 35.5. The van der Waals surface area contributed by atoms with E-state index in [-0.39, 0.29) is 17.9 Å². The molecule has 20 heavy (non-hydrogen) atoms. The third-order valence-electron chi connectivity index (χ3n) is 3.48. The molecular weight excluding hydrogens is 278 g/mol. The van der Waals surface area contributed by atoms with Crippen LogP contribution in [0.2, 0.25) is 5.02 Å². The number of amides is 2. The molecule has 1 aromatic rings. The molecule has 5 heteroatoms. The second-order valence-corrected chi connectivity index (χ2v) is 5.71. The molecule has 0 radical (unpaired) electrons. The van der Waals surface area contributed by atoms with Crippen molar-refractivity contribution in [1.82, 2.24) is 4.90 Å². The summed E-state index contributed by atoms with van der Waals surface area (Å²) in [6.45, 7) is 4.25. The van der Waals surface area contributed by atoms with Crippen LogP contribution in [0.25, 0.3) is 0 Å². The van der Waals surface area contributed by atoms with Gasteiger partial charge in [0.25, 0.3) is 0 Å². The van der Waals surface area contributed by atoms with Crippen molar-refractivity contribution in [3.05, 3.63) is 34.9 Å². The van der Waals surface area contributed by atoms with Gasteiger partial charge in [0.15, 0.2) is 0 Å². The molecule has 1 fully saturated rings. The first-order chi connectivity index (χ1) is 9.49. The van der Waals surface area contributed by atoms with Gasteiger partial charge in [0, 0.05) is 11.4 Å². The third kappa shape index (κ3) is 3.31. The molecule has 0 saturated carbocycles. The summed E-state index contributed by atoms with van der Waals surface area (Å²) in [5.74, 6) is 0.0158. The Bertz CT molecular complexity index is 498. The molecule has 0 aromatic heterocycles. The molecule has 1 atom stereocenters. The zero-order valence-electron chi connectivity index (χ0n) is 11.6. The summed E-state index contributed by atoms with van der Waals surface area (Å²) in [5.41, 5.74) is 1.02. The van der Waals surface area contributed by atoms with E-state index in [2.05, 4.69) is 0 Å². The largest absolute Gasteiger partial charge is 0.447 e. The number of carbonyl (C=O) groups excluding carboxylic acids is 2. The van der Waals surface area contributed by atoms with Gasteiger partial charge in [0.1, 0.15) is 6.61 Å². The zero-order valence-corrected chi connectivity index (χ0v) is 12.4. The molecule has 0 N–H and O–H groups in total. The summed E-state index contributed by atoms with van der Waals surface area (Å²) in [4.78, 5) is 25.1. The van der Waals surface area contributed by atoms with E-state index in [0.717, 1.165) is 5.56 Å². The van der Waals surface area contributed by atoms with Crippen LogP contribution in [-0.2, 0) is 16.0 Å². The summed E-state index contributed by atoms with van der Waals surface area (Å²) >= 11 is 5.81. The number of halogens is 1. The molecule has 1 saturated heterocycles. The molecule has 1 heterocycles. The van der Waals surface area contributed by atoms with Crippen LogP contribution in [-0.4, -0.2) is 29.5 Å². The van der Waals surface area contributed by atoms with Crippen molar-refractivity contribution in [2.24, 2.45) is 5.92 Å². The molecule has 1 aliphatic rings. The van der Waals surface area contributed by atoms with E-state index >= 15 is 0 Å². The summed E-state index contributed by atoms with van der Waals surface area (Å²) in [7, 11) is 0. The average Bonchev–Trinajstić information content (AvgIpc) is 2.80. The smallest absolute Gasteiger partial charge is 0.416 e. The monoisotopic (exact) mass is 295 g/mol. The molecule has 0 aliphatic carbocycles. The van der Waals surface area contributed by atoms with Gasteiger partial charge in [-0.25, -0.2) is 9.69 Å². The number of benzene rings is 1. The van der Waals surface area contributed by atoms with E-state index in [9.17, 15) is 9.59 Å². The van der Waals surface area contributed by atoms with E-state index in [4.69, 9.17) is 16.3 Å². The van der Waals surface area contributed by atoms with Crippen LogP contribution in [0.1, 0.15) is 25.8 Å². The minimum atomic E-state index is -0.523. The molecule has 1 unspecified atom stereocenters. The second-order valence-electron chi connectivity index (χ2n) is 5.28. The number of rotatable bonds is 4. The molecule has 2 amide bonds. The lowest BCUT2D eigenvalue weighted by Gasteiger charge is -2.22. The number of aryl methyl sites for hydroxylation is 1. The minimum Gasteiger partial charge on any atom is -0.447 e. The molecule has 108 valence electrons. The van der Waals surface area contributed by atoms with Crippen LogP contribution in [0.15, 0.2) is 24.3 Å². The number of imide groups is 1. The number of ether oxygens (including phenoxy) is 1. The molecule has 2 rings (SSSR count). The van der Waals surface area contributed by atoms with E-state index in [0.29, 0.717) is 24.5 Å². The Hall–Kier alpha value is -1.55. The van der Waals surface area contributed by atoms with Crippen molar-refractivity contribution in [3.63, 3.8) is 0 Å². The van der Waals surface area contributed by atoms with Crippen LogP contribution in [0.4, 0.5) is 4.79 Å². The maximum atomic E-state index is 12.2. The highest BCUT2D eigenvalue weighted by Crippen LogP contribution is 2.21. The first kappa shape index (κ1) is 14.9. The lowest BCUT2D eigenvalue weighted by molar-refractivity contribution is -0.129. The van der Waals surface area contributed by atoms with Crippen LogP contribution >= 0.6 is 11.6 Å². The van der Waals surface area contributed by atoms with Gasteiger partial charge in [-0.05, 0) is 30.0 Å². The van der Waals surface area contributed by atoms with Crippen molar-refractivity contribution < 1.29 is 14.3 Å². The highest BCUT2D eigenvalue weighted by Gasteiger charge is 2.38. The quantitative estimate of drug-likeness (QED) is 0.856. The van der Waals surface area contributed by atoms with Crippen molar-refractivity contribution >= 4 is 23.6 Å². The Morgan fingerprint density at radius 1 is 1.40 bits per heavy atom. The van der Waals surface area contributed by atoms with Gasteiger partial charge >= 0.3 is 6.09 Å². The molecule has 0 bridgehead atoms. The Morgan fingerprint density at radius 3 is 2.65 bits per heavy atom. The Labute approximate surface area is 123 Å². The molecule has 0 spiro atoms. The van der Waals surface area contributed by atoms with E-state index in [1.165, 1.54) is 4.90 Å². The number of hydrogen-bond donors (Lipinski definition) is 0. The zero-order chi connectivity index (χ0) is 14.7. The first-order valence-electron chi connectivity index (χ1n) is 6.72.